The summed E-state index contributed by atoms with van der Waals surface area (Å²) >= 11 is 0. The van der Waals surface area contributed by atoms with E-state index in [9.17, 15) is 4.79 Å². The van der Waals surface area contributed by atoms with Crippen molar-refractivity contribution >= 4 is 5.97 Å². The highest BCUT2D eigenvalue weighted by atomic mass is 16.5. The van der Waals surface area contributed by atoms with E-state index in [1.54, 1.807) is 12.1 Å². The number of hydrogen-bond donors (Lipinski definition) is 0. The SMILES string of the molecule is CC1=CC(CCOC(=O)c2ccccc2)C1. The van der Waals surface area contributed by atoms with E-state index in [0.29, 0.717) is 18.1 Å². The third-order valence-electron chi connectivity index (χ3n) is 2.84. The van der Waals surface area contributed by atoms with Crippen molar-refractivity contribution in [2.45, 2.75) is 19.8 Å². The lowest BCUT2D eigenvalue weighted by Crippen LogP contribution is -2.13. The fourth-order valence-corrected chi connectivity index (χ4v) is 1.93. The van der Waals surface area contributed by atoms with E-state index in [2.05, 4.69) is 13.0 Å². The third kappa shape index (κ3) is 2.72. The molecule has 1 aliphatic carbocycles. The first-order valence-electron chi connectivity index (χ1n) is 5.65. The molecule has 0 saturated heterocycles. The molecule has 2 rings (SSSR count). The van der Waals surface area contributed by atoms with Crippen LogP contribution in [0.1, 0.15) is 30.1 Å². The maximum atomic E-state index is 11.6. The van der Waals surface area contributed by atoms with Gasteiger partial charge in [0.15, 0.2) is 0 Å². The van der Waals surface area contributed by atoms with Gasteiger partial charge in [0.25, 0.3) is 0 Å². The van der Waals surface area contributed by atoms with Gasteiger partial charge in [-0.25, -0.2) is 4.79 Å². The number of esters is 1. The fourth-order valence-electron chi connectivity index (χ4n) is 1.93. The van der Waals surface area contributed by atoms with Crippen LogP contribution in [0.3, 0.4) is 0 Å². The summed E-state index contributed by atoms with van der Waals surface area (Å²) in [7, 11) is 0. The number of ether oxygens (including phenoxy) is 1. The van der Waals surface area contributed by atoms with Crippen LogP contribution in [0.5, 0.6) is 0 Å². The van der Waals surface area contributed by atoms with Gasteiger partial charge in [0, 0.05) is 0 Å². The van der Waals surface area contributed by atoms with E-state index < -0.39 is 0 Å². The second kappa shape index (κ2) is 4.97. The number of allylic oxidation sites excluding steroid dienone is 2. The number of hydrogen-bond acceptors (Lipinski definition) is 2. The Balaban J connectivity index is 1.73. The maximum Gasteiger partial charge on any atom is 0.338 e. The van der Waals surface area contributed by atoms with Crippen LogP contribution >= 0.6 is 0 Å². The van der Waals surface area contributed by atoms with Crippen molar-refractivity contribution in [2.75, 3.05) is 6.61 Å². The maximum absolute atomic E-state index is 11.6. The Morgan fingerprint density at radius 1 is 1.38 bits per heavy atom. The van der Waals surface area contributed by atoms with Crippen LogP contribution in [0.25, 0.3) is 0 Å². The van der Waals surface area contributed by atoms with Gasteiger partial charge in [-0.1, -0.05) is 29.8 Å². The van der Waals surface area contributed by atoms with Crippen molar-refractivity contribution in [2.24, 2.45) is 5.92 Å². The van der Waals surface area contributed by atoms with Crippen molar-refractivity contribution in [3.05, 3.63) is 47.5 Å². The van der Waals surface area contributed by atoms with Gasteiger partial charge in [-0.05, 0) is 37.8 Å². The molecule has 0 bridgehead atoms. The lowest BCUT2D eigenvalue weighted by Gasteiger charge is -2.22. The summed E-state index contributed by atoms with van der Waals surface area (Å²) in [5.41, 5.74) is 2.07. The van der Waals surface area contributed by atoms with E-state index in [1.165, 1.54) is 5.57 Å². The Kier molecular flexibility index (Phi) is 3.40. The summed E-state index contributed by atoms with van der Waals surface area (Å²) in [4.78, 5) is 11.6. The summed E-state index contributed by atoms with van der Waals surface area (Å²) in [6.07, 6.45) is 4.34. The van der Waals surface area contributed by atoms with Gasteiger partial charge in [0.1, 0.15) is 0 Å². The largest absolute Gasteiger partial charge is 0.462 e. The molecule has 1 atom stereocenters. The van der Waals surface area contributed by atoms with E-state index in [1.807, 2.05) is 18.2 Å². The zero-order valence-electron chi connectivity index (χ0n) is 9.48. The van der Waals surface area contributed by atoms with Crippen LogP contribution in [-0.4, -0.2) is 12.6 Å². The molecule has 2 nitrogen and oxygen atoms in total. The van der Waals surface area contributed by atoms with Crippen LogP contribution in [-0.2, 0) is 4.74 Å². The van der Waals surface area contributed by atoms with E-state index in [0.717, 1.165) is 12.8 Å². The molecule has 0 spiro atoms. The summed E-state index contributed by atoms with van der Waals surface area (Å²) in [6.45, 7) is 2.65. The number of carbonyl (C=O) groups is 1. The van der Waals surface area contributed by atoms with Gasteiger partial charge in [-0.3, -0.25) is 0 Å². The Morgan fingerprint density at radius 3 is 2.69 bits per heavy atom. The van der Waals surface area contributed by atoms with Crippen molar-refractivity contribution in [1.29, 1.82) is 0 Å². The van der Waals surface area contributed by atoms with E-state index in [-0.39, 0.29) is 5.97 Å². The highest BCUT2D eigenvalue weighted by molar-refractivity contribution is 5.89. The van der Waals surface area contributed by atoms with Gasteiger partial charge in [-0.2, -0.15) is 0 Å². The molecular weight excluding hydrogens is 200 g/mol. The van der Waals surface area contributed by atoms with Crippen LogP contribution in [0.4, 0.5) is 0 Å². The lowest BCUT2D eigenvalue weighted by molar-refractivity contribution is 0.0487. The molecule has 0 fully saturated rings. The molecule has 0 radical (unpaired) electrons. The predicted octanol–water partition coefficient (Wildman–Crippen LogP) is 3.20. The van der Waals surface area contributed by atoms with E-state index >= 15 is 0 Å². The minimum absolute atomic E-state index is 0.222. The summed E-state index contributed by atoms with van der Waals surface area (Å²) in [6, 6.07) is 9.12. The van der Waals surface area contributed by atoms with Crippen LogP contribution in [0.15, 0.2) is 42.0 Å². The highest BCUT2D eigenvalue weighted by Gasteiger charge is 2.16. The number of benzene rings is 1. The van der Waals surface area contributed by atoms with Gasteiger partial charge < -0.3 is 4.74 Å². The lowest BCUT2D eigenvalue weighted by atomic mass is 9.85. The molecule has 2 heteroatoms. The summed E-state index contributed by atoms with van der Waals surface area (Å²) < 4.78 is 5.20. The molecule has 16 heavy (non-hydrogen) atoms. The smallest absolute Gasteiger partial charge is 0.338 e. The van der Waals surface area contributed by atoms with Crippen LogP contribution in [0, 0.1) is 5.92 Å². The van der Waals surface area contributed by atoms with Gasteiger partial charge >= 0.3 is 5.97 Å². The molecule has 1 aliphatic rings. The average molecular weight is 216 g/mol. The molecule has 0 aromatic heterocycles. The molecule has 1 aromatic rings. The van der Waals surface area contributed by atoms with Crippen LogP contribution < -0.4 is 0 Å². The fraction of sp³-hybridized carbons (Fsp3) is 0.357. The molecule has 84 valence electrons. The average Bonchev–Trinajstić information content (AvgIpc) is 2.27. The Morgan fingerprint density at radius 2 is 2.06 bits per heavy atom. The zero-order chi connectivity index (χ0) is 11.4. The predicted molar refractivity (Wildman–Crippen MR) is 63.2 cm³/mol. The first kappa shape index (κ1) is 10.9. The zero-order valence-corrected chi connectivity index (χ0v) is 9.48. The Hall–Kier alpha value is -1.57. The molecule has 1 aromatic carbocycles. The second-order valence-electron chi connectivity index (χ2n) is 4.27. The standard InChI is InChI=1S/C14H16O2/c1-11-9-12(10-11)7-8-16-14(15)13-5-3-2-4-6-13/h2-6,9,12H,7-8,10H2,1H3. The molecular formula is C14H16O2. The highest BCUT2D eigenvalue weighted by Crippen LogP contribution is 2.27. The van der Waals surface area contributed by atoms with Crippen molar-refractivity contribution in [3.63, 3.8) is 0 Å². The monoisotopic (exact) mass is 216 g/mol. The Bertz CT molecular complexity index is 392. The summed E-state index contributed by atoms with van der Waals surface area (Å²) in [5.74, 6) is 0.393. The topological polar surface area (TPSA) is 26.3 Å². The molecule has 0 saturated carbocycles. The van der Waals surface area contributed by atoms with Crippen molar-refractivity contribution < 1.29 is 9.53 Å². The number of carbonyl (C=O) groups excluding carboxylic acids is 1. The quantitative estimate of drug-likeness (QED) is 0.570. The molecule has 0 heterocycles. The normalized spacial score (nSPS) is 18.6. The van der Waals surface area contributed by atoms with Crippen molar-refractivity contribution in [3.8, 4) is 0 Å². The van der Waals surface area contributed by atoms with Gasteiger partial charge in [0.2, 0.25) is 0 Å². The van der Waals surface area contributed by atoms with Gasteiger partial charge in [-0.15, -0.1) is 0 Å². The Labute approximate surface area is 95.9 Å². The van der Waals surface area contributed by atoms with Gasteiger partial charge in [0.05, 0.1) is 12.2 Å². The first-order chi connectivity index (χ1) is 7.75. The number of rotatable bonds is 4. The minimum atomic E-state index is -0.222. The molecule has 0 N–H and O–H groups in total. The first-order valence-corrected chi connectivity index (χ1v) is 5.65. The van der Waals surface area contributed by atoms with Crippen molar-refractivity contribution in [1.82, 2.24) is 0 Å². The molecule has 0 amide bonds. The van der Waals surface area contributed by atoms with Crippen LogP contribution in [0.2, 0.25) is 0 Å². The second-order valence-corrected chi connectivity index (χ2v) is 4.27. The molecule has 1 unspecified atom stereocenters. The van der Waals surface area contributed by atoms with E-state index in [4.69, 9.17) is 4.74 Å². The molecule has 0 aliphatic heterocycles. The third-order valence-corrected chi connectivity index (χ3v) is 2.84. The minimum Gasteiger partial charge on any atom is -0.462 e. The summed E-state index contributed by atoms with van der Waals surface area (Å²) in [5, 5.41) is 0.